The zero-order valence-corrected chi connectivity index (χ0v) is 10.2. The molecule has 0 aromatic heterocycles. The zero-order chi connectivity index (χ0) is 11.9. The summed E-state index contributed by atoms with van der Waals surface area (Å²) < 4.78 is 27.1. The lowest BCUT2D eigenvalue weighted by molar-refractivity contribution is 0.476. The van der Waals surface area contributed by atoms with Gasteiger partial charge in [-0.1, -0.05) is 30.1 Å². The average molecular weight is 266 g/mol. The Balaban J connectivity index is 2.57. The highest BCUT2D eigenvalue weighted by Crippen LogP contribution is 2.38. The van der Waals surface area contributed by atoms with Crippen LogP contribution in [0.1, 0.15) is 18.9 Å². The summed E-state index contributed by atoms with van der Waals surface area (Å²) in [6, 6.07) is 1.34. The molecule has 1 heterocycles. The van der Waals surface area contributed by atoms with Crippen LogP contribution in [-0.2, 0) is 5.41 Å². The first-order valence-electron chi connectivity index (χ1n) is 5.00. The van der Waals surface area contributed by atoms with E-state index in [1.165, 1.54) is 6.07 Å². The molecular weight excluding hydrogens is 255 g/mol. The van der Waals surface area contributed by atoms with Gasteiger partial charge in [-0.25, -0.2) is 8.78 Å². The van der Waals surface area contributed by atoms with E-state index < -0.39 is 16.7 Å². The SMILES string of the molecule is CC1(c2cc(Cl)c(F)c(Cl)c2F)CCNC1. The van der Waals surface area contributed by atoms with E-state index in [4.69, 9.17) is 23.2 Å². The fourth-order valence-electron chi connectivity index (χ4n) is 2.06. The second kappa shape index (κ2) is 4.13. The molecule has 1 aliphatic heterocycles. The molecule has 0 aliphatic carbocycles. The summed E-state index contributed by atoms with van der Waals surface area (Å²) >= 11 is 11.3. The van der Waals surface area contributed by atoms with Gasteiger partial charge in [-0.05, 0) is 24.6 Å². The maximum absolute atomic E-state index is 13.9. The summed E-state index contributed by atoms with van der Waals surface area (Å²) in [6.45, 7) is 3.36. The summed E-state index contributed by atoms with van der Waals surface area (Å²) in [5.41, 5.74) is 0.0133. The second-order valence-electron chi connectivity index (χ2n) is 4.34. The third kappa shape index (κ3) is 1.81. The number of hydrogen-bond donors (Lipinski definition) is 1. The first-order chi connectivity index (χ1) is 7.46. The van der Waals surface area contributed by atoms with Crippen molar-refractivity contribution < 1.29 is 8.78 Å². The standard InChI is InChI=1S/C11H11Cl2F2N/c1-11(2-3-16-5-11)6-4-7(12)10(15)8(13)9(6)14/h4,16H,2-3,5H2,1H3. The van der Waals surface area contributed by atoms with Gasteiger partial charge in [0.25, 0.3) is 0 Å². The van der Waals surface area contributed by atoms with Gasteiger partial charge in [0.05, 0.1) is 5.02 Å². The molecule has 5 heteroatoms. The van der Waals surface area contributed by atoms with Crippen LogP contribution in [0.25, 0.3) is 0 Å². The van der Waals surface area contributed by atoms with E-state index in [-0.39, 0.29) is 10.4 Å². The molecular formula is C11H11Cl2F2N. The van der Waals surface area contributed by atoms with Gasteiger partial charge in [0.2, 0.25) is 0 Å². The minimum atomic E-state index is -0.890. The van der Waals surface area contributed by atoms with Crippen molar-refractivity contribution in [2.24, 2.45) is 0 Å². The monoisotopic (exact) mass is 265 g/mol. The summed E-state index contributed by atoms with van der Waals surface area (Å²) in [5, 5.41) is 2.50. The number of rotatable bonds is 1. The summed E-state index contributed by atoms with van der Waals surface area (Å²) in [6.07, 6.45) is 0.780. The first-order valence-corrected chi connectivity index (χ1v) is 5.75. The van der Waals surface area contributed by atoms with Gasteiger partial charge in [0.1, 0.15) is 10.8 Å². The molecule has 88 valence electrons. The van der Waals surface area contributed by atoms with Gasteiger partial charge in [-0.15, -0.1) is 0 Å². The van der Waals surface area contributed by atoms with Crippen molar-refractivity contribution in [2.45, 2.75) is 18.8 Å². The fraction of sp³-hybridized carbons (Fsp3) is 0.455. The number of benzene rings is 1. The van der Waals surface area contributed by atoms with Crippen molar-refractivity contribution in [1.82, 2.24) is 5.32 Å². The molecule has 0 spiro atoms. The highest BCUT2D eigenvalue weighted by molar-refractivity contribution is 6.35. The largest absolute Gasteiger partial charge is 0.316 e. The predicted molar refractivity (Wildman–Crippen MR) is 61.2 cm³/mol. The third-order valence-electron chi connectivity index (χ3n) is 3.12. The summed E-state index contributed by atoms with van der Waals surface area (Å²) in [5.74, 6) is -1.59. The van der Waals surface area contributed by atoms with Crippen molar-refractivity contribution >= 4 is 23.2 Å². The molecule has 0 saturated carbocycles. The molecule has 1 aliphatic rings. The minimum absolute atomic E-state index is 0.130. The van der Waals surface area contributed by atoms with Gasteiger partial charge in [-0.3, -0.25) is 0 Å². The summed E-state index contributed by atoms with van der Waals surface area (Å²) in [4.78, 5) is 0. The van der Waals surface area contributed by atoms with Gasteiger partial charge in [-0.2, -0.15) is 0 Å². The van der Waals surface area contributed by atoms with Gasteiger partial charge < -0.3 is 5.32 Å². The Labute approximate surface area is 103 Å². The number of nitrogens with one attached hydrogen (secondary N) is 1. The smallest absolute Gasteiger partial charge is 0.163 e. The molecule has 1 N–H and O–H groups in total. The van der Waals surface area contributed by atoms with Gasteiger partial charge in [0.15, 0.2) is 5.82 Å². The molecule has 1 aromatic rings. The number of halogens is 4. The van der Waals surface area contributed by atoms with E-state index in [1.54, 1.807) is 0 Å². The van der Waals surface area contributed by atoms with E-state index in [0.29, 0.717) is 12.1 Å². The van der Waals surface area contributed by atoms with E-state index in [0.717, 1.165) is 13.0 Å². The van der Waals surface area contributed by atoms with Crippen molar-refractivity contribution in [3.05, 3.63) is 33.3 Å². The fourth-order valence-corrected chi connectivity index (χ4v) is 2.51. The van der Waals surface area contributed by atoms with Crippen molar-refractivity contribution in [2.75, 3.05) is 13.1 Å². The molecule has 0 bridgehead atoms. The highest BCUT2D eigenvalue weighted by Gasteiger charge is 2.35. The molecule has 1 aromatic carbocycles. The molecule has 1 unspecified atom stereocenters. The summed E-state index contributed by atoms with van der Waals surface area (Å²) in [7, 11) is 0. The molecule has 1 fully saturated rings. The molecule has 1 saturated heterocycles. The van der Waals surface area contributed by atoms with E-state index in [9.17, 15) is 8.78 Å². The van der Waals surface area contributed by atoms with E-state index in [1.807, 2.05) is 6.92 Å². The Morgan fingerprint density at radius 1 is 1.31 bits per heavy atom. The molecule has 16 heavy (non-hydrogen) atoms. The lowest BCUT2D eigenvalue weighted by Crippen LogP contribution is -2.26. The molecule has 1 atom stereocenters. The van der Waals surface area contributed by atoms with Crippen LogP contribution in [0.4, 0.5) is 8.78 Å². The van der Waals surface area contributed by atoms with Crippen LogP contribution in [0.2, 0.25) is 10.0 Å². The van der Waals surface area contributed by atoms with Crippen molar-refractivity contribution in [1.29, 1.82) is 0 Å². The zero-order valence-electron chi connectivity index (χ0n) is 8.71. The lowest BCUT2D eigenvalue weighted by Gasteiger charge is -2.24. The van der Waals surface area contributed by atoms with Crippen LogP contribution in [0.3, 0.4) is 0 Å². The highest BCUT2D eigenvalue weighted by atomic mass is 35.5. The molecule has 0 radical (unpaired) electrons. The lowest BCUT2D eigenvalue weighted by atomic mass is 9.81. The Hall–Kier alpha value is -0.380. The van der Waals surface area contributed by atoms with Crippen molar-refractivity contribution in [3.8, 4) is 0 Å². The van der Waals surface area contributed by atoms with Crippen LogP contribution in [-0.4, -0.2) is 13.1 Å². The van der Waals surface area contributed by atoms with E-state index >= 15 is 0 Å². The molecule has 1 nitrogen and oxygen atoms in total. The Morgan fingerprint density at radius 2 is 2.00 bits per heavy atom. The normalized spacial score (nSPS) is 25.1. The van der Waals surface area contributed by atoms with E-state index in [2.05, 4.69) is 5.32 Å². The van der Waals surface area contributed by atoms with Crippen LogP contribution in [0.5, 0.6) is 0 Å². The Morgan fingerprint density at radius 3 is 2.56 bits per heavy atom. The Bertz CT molecular complexity index is 428. The topological polar surface area (TPSA) is 12.0 Å². The Kier molecular flexibility index (Phi) is 3.12. The van der Waals surface area contributed by atoms with Crippen LogP contribution < -0.4 is 5.32 Å². The van der Waals surface area contributed by atoms with Gasteiger partial charge >= 0.3 is 0 Å². The maximum atomic E-state index is 13.9. The molecule has 0 amide bonds. The van der Waals surface area contributed by atoms with Crippen LogP contribution >= 0.6 is 23.2 Å². The van der Waals surface area contributed by atoms with Gasteiger partial charge in [0, 0.05) is 12.0 Å². The number of hydrogen-bond acceptors (Lipinski definition) is 1. The van der Waals surface area contributed by atoms with Crippen molar-refractivity contribution in [3.63, 3.8) is 0 Å². The average Bonchev–Trinajstić information content (AvgIpc) is 2.68. The maximum Gasteiger partial charge on any atom is 0.163 e. The first kappa shape index (κ1) is 12.1. The van der Waals surface area contributed by atoms with Crippen LogP contribution in [0, 0.1) is 11.6 Å². The molecule has 2 rings (SSSR count). The van der Waals surface area contributed by atoms with Crippen LogP contribution in [0.15, 0.2) is 6.07 Å². The quantitative estimate of drug-likeness (QED) is 0.605. The third-order valence-corrected chi connectivity index (χ3v) is 3.73. The predicted octanol–water partition coefficient (Wildman–Crippen LogP) is 3.52. The second-order valence-corrected chi connectivity index (χ2v) is 5.12. The minimum Gasteiger partial charge on any atom is -0.316 e.